The Kier molecular flexibility index (Phi) is 5.23. The van der Waals surface area contributed by atoms with E-state index in [4.69, 9.17) is 4.74 Å². The molecular weight excluding hydrogens is 323 g/mol. The number of esters is 1. The number of amides is 1. The summed E-state index contributed by atoms with van der Waals surface area (Å²) in [6.07, 6.45) is -4.50. The lowest BCUT2D eigenvalue weighted by atomic mass is 10.1. The monoisotopic (exact) mass is 337 g/mol. The van der Waals surface area contributed by atoms with Crippen molar-refractivity contribution in [3.63, 3.8) is 0 Å². The molecule has 2 rings (SSSR count). The molecule has 1 amide bonds. The molecule has 7 heteroatoms. The lowest BCUT2D eigenvalue weighted by Crippen LogP contribution is -2.21. The molecule has 0 saturated heterocycles. The Morgan fingerprint density at radius 2 is 1.75 bits per heavy atom. The van der Waals surface area contributed by atoms with Gasteiger partial charge in [-0.15, -0.1) is 0 Å². The van der Waals surface area contributed by atoms with E-state index in [9.17, 15) is 22.8 Å². The van der Waals surface area contributed by atoms with Gasteiger partial charge in [-0.3, -0.25) is 4.79 Å². The van der Waals surface area contributed by atoms with Crippen LogP contribution in [-0.4, -0.2) is 18.5 Å². The maximum atomic E-state index is 12.6. The first-order valence-corrected chi connectivity index (χ1v) is 6.96. The number of alkyl halides is 3. The van der Waals surface area contributed by atoms with Crippen LogP contribution in [0.4, 0.5) is 18.9 Å². The van der Waals surface area contributed by atoms with Crippen molar-refractivity contribution < 1.29 is 27.5 Å². The summed E-state index contributed by atoms with van der Waals surface area (Å²) < 4.78 is 42.6. The number of carbonyl (C=O) groups is 2. The Bertz CT molecular complexity index is 739. The first kappa shape index (κ1) is 17.5. The van der Waals surface area contributed by atoms with E-state index in [-0.39, 0.29) is 11.3 Å². The molecule has 2 aromatic carbocycles. The van der Waals surface area contributed by atoms with Gasteiger partial charge in [-0.1, -0.05) is 23.8 Å². The lowest BCUT2D eigenvalue weighted by molar-refractivity contribution is -0.137. The van der Waals surface area contributed by atoms with Crippen molar-refractivity contribution in [2.45, 2.75) is 13.1 Å². The number of anilines is 1. The molecule has 126 valence electrons. The third-order valence-electron chi connectivity index (χ3n) is 3.10. The standard InChI is InChI=1S/C17H14F3NO3/c1-11-5-7-12(8-6-11)16(23)24-10-15(22)21-14-4-2-3-13(9-14)17(18,19)20/h2-9H,10H2,1H3,(H,21,22). The van der Waals surface area contributed by atoms with Crippen molar-refractivity contribution >= 4 is 17.6 Å². The van der Waals surface area contributed by atoms with Crippen LogP contribution < -0.4 is 5.32 Å². The van der Waals surface area contributed by atoms with Crippen LogP contribution in [0.1, 0.15) is 21.5 Å². The first-order valence-electron chi connectivity index (χ1n) is 6.96. The second kappa shape index (κ2) is 7.16. The summed E-state index contributed by atoms with van der Waals surface area (Å²) >= 11 is 0. The summed E-state index contributed by atoms with van der Waals surface area (Å²) in [4.78, 5) is 23.4. The van der Waals surface area contributed by atoms with E-state index in [0.29, 0.717) is 0 Å². The molecule has 0 heterocycles. The van der Waals surface area contributed by atoms with E-state index >= 15 is 0 Å². The predicted molar refractivity (Wildman–Crippen MR) is 81.5 cm³/mol. The molecule has 0 aliphatic heterocycles. The number of rotatable bonds is 4. The Balaban J connectivity index is 1.92. The minimum Gasteiger partial charge on any atom is -0.452 e. The van der Waals surface area contributed by atoms with Crippen LogP contribution in [0.3, 0.4) is 0 Å². The largest absolute Gasteiger partial charge is 0.452 e. The molecule has 4 nitrogen and oxygen atoms in total. The van der Waals surface area contributed by atoms with E-state index in [2.05, 4.69) is 5.32 Å². The lowest BCUT2D eigenvalue weighted by Gasteiger charge is -2.10. The molecule has 24 heavy (non-hydrogen) atoms. The van der Waals surface area contributed by atoms with Crippen LogP contribution >= 0.6 is 0 Å². The predicted octanol–water partition coefficient (Wildman–Crippen LogP) is 3.81. The highest BCUT2D eigenvalue weighted by Gasteiger charge is 2.30. The first-order chi connectivity index (χ1) is 11.3. The zero-order valence-electron chi connectivity index (χ0n) is 12.7. The van der Waals surface area contributed by atoms with E-state index < -0.39 is 30.2 Å². The number of aryl methyl sites for hydroxylation is 1. The molecule has 0 atom stereocenters. The fourth-order valence-corrected chi connectivity index (χ4v) is 1.87. The smallest absolute Gasteiger partial charge is 0.416 e. The maximum Gasteiger partial charge on any atom is 0.416 e. The molecule has 0 radical (unpaired) electrons. The van der Waals surface area contributed by atoms with E-state index in [1.807, 2.05) is 6.92 Å². The number of benzene rings is 2. The van der Waals surface area contributed by atoms with Crippen molar-refractivity contribution in [3.05, 3.63) is 65.2 Å². The molecule has 2 aromatic rings. The van der Waals surface area contributed by atoms with Crippen LogP contribution in [0.25, 0.3) is 0 Å². The van der Waals surface area contributed by atoms with Gasteiger partial charge < -0.3 is 10.1 Å². The Labute approximate surface area is 136 Å². The highest BCUT2D eigenvalue weighted by molar-refractivity contribution is 5.95. The maximum absolute atomic E-state index is 12.6. The normalized spacial score (nSPS) is 11.0. The van der Waals surface area contributed by atoms with Crippen LogP contribution in [-0.2, 0) is 15.7 Å². The van der Waals surface area contributed by atoms with E-state index in [1.54, 1.807) is 24.3 Å². The van der Waals surface area contributed by atoms with Crippen LogP contribution in [0, 0.1) is 6.92 Å². The van der Waals surface area contributed by atoms with Crippen molar-refractivity contribution in [1.82, 2.24) is 0 Å². The second-order valence-corrected chi connectivity index (χ2v) is 5.07. The molecule has 0 unspecified atom stereocenters. The second-order valence-electron chi connectivity index (χ2n) is 5.07. The Morgan fingerprint density at radius 1 is 1.08 bits per heavy atom. The molecule has 0 aromatic heterocycles. The summed E-state index contributed by atoms with van der Waals surface area (Å²) in [7, 11) is 0. The third-order valence-corrected chi connectivity index (χ3v) is 3.10. The summed E-state index contributed by atoms with van der Waals surface area (Å²) in [5, 5.41) is 2.25. The molecule has 0 bridgehead atoms. The summed E-state index contributed by atoms with van der Waals surface area (Å²) in [5.74, 6) is -1.41. The number of nitrogens with one attached hydrogen (secondary N) is 1. The minimum atomic E-state index is -4.50. The molecule has 0 aliphatic carbocycles. The fraction of sp³-hybridized carbons (Fsp3) is 0.176. The number of carbonyl (C=O) groups excluding carboxylic acids is 2. The topological polar surface area (TPSA) is 55.4 Å². The number of hydrogen-bond acceptors (Lipinski definition) is 3. The quantitative estimate of drug-likeness (QED) is 0.863. The summed E-state index contributed by atoms with van der Waals surface area (Å²) in [5.41, 5.74) is 0.347. The average Bonchev–Trinajstić information content (AvgIpc) is 2.53. The fourth-order valence-electron chi connectivity index (χ4n) is 1.87. The number of hydrogen-bond donors (Lipinski definition) is 1. The van der Waals surface area contributed by atoms with Gasteiger partial charge in [0.15, 0.2) is 6.61 Å². The third kappa shape index (κ3) is 4.84. The van der Waals surface area contributed by atoms with Gasteiger partial charge >= 0.3 is 12.1 Å². The minimum absolute atomic E-state index is 0.0267. The summed E-state index contributed by atoms with van der Waals surface area (Å²) in [6.45, 7) is 1.26. The Hall–Kier alpha value is -2.83. The van der Waals surface area contributed by atoms with Gasteiger partial charge in [0.05, 0.1) is 11.1 Å². The molecule has 0 fully saturated rings. The SMILES string of the molecule is Cc1ccc(C(=O)OCC(=O)Nc2cccc(C(F)(F)F)c2)cc1. The van der Waals surface area contributed by atoms with Gasteiger partial charge in [0.2, 0.25) is 0 Å². The highest BCUT2D eigenvalue weighted by Crippen LogP contribution is 2.30. The van der Waals surface area contributed by atoms with Crippen molar-refractivity contribution in [2.24, 2.45) is 0 Å². The van der Waals surface area contributed by atoms with Gasteiger partial charge in [-0.05, 0) is 37.3 Å². The van der Waals surface area contributed by atoms with Gasteiger partial charge in [0, 0.05) is 5.69 Å². The zero-order valence-corrected chi connectivity index (χ0v) is 12.7. The van der Waals surface area contributed by atoms with Crippen molar-refractivity contribution in [3.8, 4) is 0 Å². The molecule has 0 spiro atoms. The van der Waals surface area contributed by atoms with Crippen LogP contribution in [0.5, 0.6) is 0 Å². The van der Waals surface area contributed by atoms with Crippen molar-refractivity contribution in [2.75, 3.05) is 11.9 Å². The number of ether oxygens (including phenoxy) is 1. The van der Waals surface area contributed by atoms with E-state index in [1.165, 1.54) is 12.1 Å². The highest BCUT2D eigenvalue weighted by atomic mass is 19.4. The van der Waals surface area contributed by atoms with E-state index in [0.717, 1.165) is 17.7 Å². The van der Waals surface area contributed by atoms with Gasteiger partial charge in [-0.25, -0.2) is 4.79 Å². The molecular formula is C17H14F3NO3. The molecule has 1 N–H and O–H groups in total. The molecule has 0 aliphatic rings. The Morgan fingerprint density at radius 3 is 2.38 bits per heavy atom. The zero-order chi connectivity index (χ0) is 17.7. The van der Waals surface area contributed by atoms with Gasteiger partial charge in [-0.2, -0.15) is 13.2 Å². The van der Waals surface area contributed by atoms with Gasteiger partial charge in [0.25, 0.3) is 5.91 Å². The van der Waals surface area contributed by atoms with Gasteiger partial charge in [0.1, 0.15) is 0 Å². The number of halogens is 3. The van der Waals surface area contributed by atoms with Crippen LogP contribution in [0.2, 0.25) is 0 Å². The summed E-state index contributed by atoms with van der Waals surface area (Å²) in [6, 6.07) is 10.8. The molecule has 0 saturated carbocycles. The van der Waals surface area contributed by atoms with Crippen LogP contribution in [0.15, 0.2) is 48.5 Å². The average molecular weight is 337 g/mol. The van der Waals surface area contributed by atoms with Crippen molar-refractivity contribution in [1.29, 1.82) is 0 Å².